The first-order valence-corrected chi connectivity index (χ1v) is 19.0. The van der Waals surface area contributed by atoms with E-state index in [4.69, 9.17) is 14.3 Å². The Labute approximate surface area is 258 Å². The van der Waals surface area contributed by atoms with E-state index in [2.05, 4.69) is 25.5 Å². The van der Waals surface area contributed by atoms with Crippen molar-refractivity contribution in [2.75, 3.05) is 19.6 Å². The summed E-state index contributed by atoms with van der Waals surface area (Å²) in [5, 5.41) is 16.1. The monoisotopic (exact) mass is 651 g/mol. The van der Waals surface area contributed by atoms with Crippen molar-refractivity contribution in [3.8, 4) is 0 Å². The highest BCUT2D eigenvalue weighted by Gasteiger charge is 2.61. The van der Waals surface area contributed by atoms with Gasteiger partial charge in [-0.2, -0.15) is 13.1 Å². The molecule has 44 heavy (non-hydrogen) atoms. The van der Waals surface area contributed by atoms with Crippen molar-refractivity contribution >= 4 is 42.1 Å². The van der Waals surface area contributed by atoms with Crippen molar-refractivity contribution in [1.29, 1.82) is 0 Å². The van der Waals surface area contributed by atoms with Gasteiger partial charge in [0.1, 0.15) is 5.70 Å². The van der Waals surface area contributed by atoms with Gasteiger partial charge in [0.2, 0.25) is 5.91 Å². The predicted octanol–water partition coefficient (Wildman–Crippen LogP) is 2.29. The van der Waals surface area contributed by atoms with Gasteiger partial charge in [-0.3, -0.25) is 19.8 Å². The number of hydrogen-bond acceptors (Lipinski definition) is 10. The van der Waals surface area contributed by atoms with E-state index in [1.807, 2.05) is 18.7 Å². The van der Waals surface area contributed by atoms with Gasteiger partial charge < -0.3 is 14.1 Å². The van der Waals surface area contributed by atoms with Crippen LogP contribution in [0.3, 0.4) is 0 Å². The van der Waals surface area contributed by atoms with Crippen LogP contribution < -0.4 is 9.86 Å². The van der Waals surface area contributed by atoms with Crippen molar-refractivity contribution in [3.63, 3.8) is 0 Å². The molecule has 16 heteroatoms. The molecule has 3 aliphatic heterocycles. The van der Waals surface area contributed by atoms with E-state index in [1.165, 1.54) is 17.0 Å². The Morgan fingerprint density at radius 2 is 1.77 bits per heavy atom. The lowest BCUT2D eigenvalue weighted by molar-refractivity contribution is -0.384. The number of nitrogens with zero attached hydrogens (tertiary/aromatic N) is 3. The molecular formula is C28H41N5O9SSi. The summed E-state index contributed by atoms with van der Waals surface area (Å²) in [6.45, 7) is 11.3. The first-order chi connectivity index (χ1) is 20.6. The number of rotatable bonds is 13. The minimum absolute atomic E-state index is 0.000880. The molecule has 0 saturated carbocycles. The van der Waals surface area contributed by atoms with Crippen LogP contribution in [0, 0.1) is 22.0 Å². The summed E-state index contributed by atoms with van der Waals surface area (Å²) in [7, 11) is -5.94. The quantitative estimate of drug-likeness (QED) is 0.0799. The molecule has 5 atom stereocenters. The zero-order valence-corrected chi connectivity index (χ0v) is 27.5. The molecule has 2 fully saturated rings. The van der Waals surface area contributed by atoms with Crippen molar-refractivity contribution < 1.29 is 36.9 Å². The number of non-ortho nitro benzene ring substituents is 1. The lowest BCUT2D eigenvalue weighted by Gasteiger charge is -2.49. The van der Waals surface area contributed by atoms with E-state index >= 15 is 0 Å². The number of nitro benzene ring substituents is 1. The number of nitro groups is 1. The highest BCUT2D eigenvalue weighted by Crippen LogP contribution is 2.49. The van der Waals surface area contributed by atoms with Gasteiger partial charge in [0.25, 0.3) is 15.9 Å². The molecule has 0 aliphatic carbocycles. The molecule has 1 aromatic carbocycles. The standard InChI is InChI=1S/C28H41N5O9SSi/c1-6-44(7-2,8-3)42-18(5)23-24-17(4)22(16-31-14-13-20(15-31)30-43(29,39)40)25(32(24)26(23)34)28(36)41-27(35)19-9-11-21(12-10-19)33(37)38/h9-12,17-18,20,23-24,30H,6-8,13-16H2,1-5H3,(H2,29,39,40)/t17-,18+,20-,23+,24+/m0/s1. The van der Waals surface area contributed by atoms with E-state index in [1.54, 1.807) is 0 Å². The van der Waals surface area contributed by atoms with E-state index in [0.717, 1.165) is 30.3 Å². The fourth-order valence-electron chi connectivity index (χ4n) is 6.75. The second-order valence-corrected chi connectivity index (χ2v) is 17.9. The molecule has 0 bridgehead atoms. The molecule has 1 amide bonds. The molecule has 0 aromatic heterocycles. The SMILES string of the molecule is CC[Si](CC)(CC)O[C@H](C)[C@H]1C(=O)N2C(C(=O)OC(=O)c3ccc([N+](=O)[O-])cc3)=C(CN3CC[C@H](NS(N)(=O)=O)C3)[C@H](C)[C@H]12. The van der Waals surface area contributed by atoms with E-state index in [0.29, 0.717) is 25.1 Å². The number of fused-ring (bicyclic) bond motifs is 1. The van der Waals surface area contributed by atoms with Crippen LogP contribution >= 0.6 is 0 Å². The number of amides is 1. The van der Waals surface area contributed by atoms with Crippen LogP contribution in [-0.4, -0.2) is 87.1 Å². The summed E-state index contributed by atoms with van der Waals surface area (Å²) in [6, 6.07) is 6.64. The van der Waals surface area contributed by atoms with Crippen LogP contribution in [0.25, 0.3) is 0 Å². The van der Waals surface area contributed by atoms with E-state index < -0.39 is 47.3 Å². The fourth-order valence-corrected chi connectivity index (χ4v) is 10.3. The Morgan fingerprint density at radius 1 is 1.16 bits per heavy atom. The molecule has 242 valence electrons. The van der Waals surface area contributed by atoms with Crippen LogP contribution in [0.1, 0.15) is 51.4 Å². The van der Waals surface area contributed by atoms with E-state index in [9.17, 15) is 32.9 Å². The van der Waals surface area contributed by atoms with Crippen molar-refractivity contribution in [3.05, 3.63) is 51.2 Å². The van der Waals surface area contributed by atoms with E-state index in [-0.39, 0.29) is 47.5 Å². The Hall–Kier alpha value is -3.02. The van der Waals surface area contributed by atoms with Gasteiger partial charge >= 0.3 is 11.9 Å². The molecule has 1 aromatic rings. The van der Waals surface area contributed by atoms with Gasteiger partial charge in [0.15, 0.2) is 8.32 Å². The van der Waals surface area contributed by atoms with Gasteiger partial charge in [-0.15, -0.1) is 0 Å². The molecule has 14 nitrogen and oxygen atoms in total. The van der Waals surface area contributed by atoms with Gasteiger partial charge in [0.05, 0.1) is 28.6 Å². The minimum atomic E-state index is -3.90. The highest BCUT2D eigenvalue weighted by atomic mass is 32.2. The molecular weight excluding hydrogens is 610 g/mol. The normalized spacial score (nSPS) is 24.7. The Bertz CT molecular complexity index is 1440. The van der Waals surface area contributed by atoms with Crippen molar-refractivity contribution in [2.45, 2.75) is 77.4 Å². The maximum atomic E-state index is 13.7. The number of carbonyl (C=O) groups excluding carboxylic acids is 3. The van der Waals surface area contributed by atoms with Crippen LogP contribution in [0.5, 0.6) is 0 Å². The Balaban J connectivity index is 1.60. The first-order valence-electron chi connectivity index (χ1n) is 14.9. The number of β-lactam (4-membered cyclic amide) rings is 1. The third-order valence-corrected chi connectivity index (χ3v) is 14.8. The number of nitrogens with one attached hydrogen (secondary N) is 1. The summed E-state index contributed by atoms with van der Waals surface area (Å²) in [4.78, 5) is 54.0. The maximum Gasteiger partial charge on any atom is 0.362 e. The molecule has 0 spiro atoms. The summed E-state index contributed by atoms with van der Waals surface area (Å²) in [5.41, 5.74) is 0.334. The molecule has 0 unspecified atom stereocenters. The summed E-state index contributed by atoms with van der Waals surface area (Å²) < 4.78 is 37.4. The predicted molar refractivity (Wildman–Crippen MR) is 163 cm³/mol. The number of hydrogen-bond donors (Lipinski definition) is 2. The van der Waals surface area contributed by atoms with Crippen LogP contribution in [0.15, 0.2) is 35.5 Å². The van der Waals surface area contributed by atoms with Crippen LogP contribution in [0.2, 0.25) is 18.1 Å². The average molecular weight is 652 g/mol. The van der Waals surface area contributed by atoms with Crippen molar-refractivity contribution in [1.82, 2.24) is 14.5 Å². The topological polar surface area (TPSA) is 191 Å². The number of carbonyl (C=O) groups is 3. The third-order valence-electron chi connectivity index (χ3n) is 9.36. The average Bonchev–Trinajstić information content (AvgIpc) is 3.50. The molecule has 0 radical (unpaired) electrons. The number of ether oxygens (including phenoxy) is 1. The summed E-state index contributed by atoms with van der Waals surface area (Å²) in [5.74, 6) is -3.02. The zero-order chi connectivity index (χ0) is 32.6. The van der Waals surface area contributed by atoms with Crippen LogP contribution in [0.4, 0.5) is 5.69 Å². The smallest absolute Gasteiger partial charge is 0.362 e. The molecule has 3 aliphatic rings. The van der Waals surface area contributed by atoms with Crippen molar-refractivity contribution in [2.24, 2.45) is 17.0 Å². The molecule has 3 heterocycles. The molecule has 3 N–H and O–H groups in total. The fraction of sp³-hybridized carbons (Fsp3) is 0.607. The Kier molecular flexibility index (Phi) is 10.1. The highest BCUT2D eigenvalue weighted by molar-refractivity contribution is 7.87. The van der Waals surface area contributed by atoms with Crippen LogP contribution in [-0.2, 0) is 29.0 Å². The maximum absolute atomic E-state index is 13.7. The zero-order valence-electron chi connectivity index (χ0n) is 25.6. The van der Waals surface area contributed by atoms with Gasteiger partial charge in [0, 0.05) is 43.7 Å². The summed E-state index contributed by atoms with van der Waals surface area (Å²) in [6.07, 6.45) is 0.139. The second kappa shape index (κ2) is 13.1. The second-order valence-electron chi connectivity index (χ2n) is 11.8. The number of benzene rings is 1. The third kappa shape index (κ3) is 6.79. The van der Waals surface area contributed by atoms with Gasteiger partial charge in [-0.05, 0) is 49.2 Å². The number of esters is 2. The Morgan fingerprint density at radius 3 is 2.32 bits per heavy atom. The largest absolute Gasteiger partial charge is 0.413 e. The molecule has 4 rings (SSSR count). The lowest BCUT2D eigenvalue weighted by Crippen LogP contribution is -2.65. The molecule has 2 saturated heterocycles. The minimum Gasteiger partial charge on any atom is -0.413 e. The van der Waals surface area contributed by atoms with Gasteiger partial charge in [-0.25, -0.2) is 14.7 Å². The van der Waals surface area contributed by atoms with Gasteiger partial charge in [-0.1, -0.05) is 27.7 Å². The lowest BCUT2D eigenvalue weighted by atomic mass is 9.77. The number of likely N-dealkylation sites (tertiary alicyclic amines) is 1. The summed E-state index contributed by atoms with van der Waals surface area (Å²) >= 11 is 0. The number of nitrogens with two attached hydrogens (primary N) is 1. The first kappa shape index (κ1) is 33.9.